The van der Waals surface area contributed by atoms with E-state index in [1.54, 1.807) is 0 Å². The first kappa shape index (κ1) is 10.3. The fraction of sp³-hybridized carbons (Fsp3) is 0.273. The predicted octanol–water partition coefficient (Wildman–Crippen LogP) is 2.34. The molecule has 1 aliphatic rings. The first-order chi connectivity index (χ1) is 7.31. The molecule has 0 bridgehead atoms. The molecule has 0 aromatic heterocycles. The lowest BCUT2D eigenvalue weighted by molar-refractivity contribution is 0.174. The van der Waals surface area contributed by atoms with Crippen LogP contribution in [0.5, 0.6) is 11.5 Å². The molecular weight excluding hydrogens is 214 g/mol. The molecule has 4 heteroatoms. The number of hydrogen-bond acceptors (Lipinski definition) is 3. The summed E-state index contributed by atoms with van der Waals surface area (Å²) in [7, 11) is 0. The standard InChI is InChI=1S/C11H12ClNO2/c1-2-3-13-6-8-4-9(12)11-10(5-8)14-7-15-11/h2,4-5,13H,1,3,6-7H2. The molecule has 1 heterocycles. The summed E-state index contributed by atoms with van der Waals surface area (Å²) in [5.74, 6) is 1.36. The Morgan fingerprint density at radius 1 is 1.47 bits per heavy atom. The monoisotopic (exact) mass is 225 g/mol. The Bertz CT molecular complexity index is 379. The van der Waals surface area contributed by atoms with E-state index < -0.39 is 0 Å². The molecule has 1 N–H and O–H groups in total. The summed E-state index contributed by atoms with van der Waals surface area (Å²) in [6.45, 7) is 5.39. The van der Waals surface area contributed by atoms with Gasteiger partial charge >= 0.3 is 0 Å². The van der Waals surface area contributed by atoms with Crippen LogP contribution < -0.4 is 14.8 Å². The highest BCUT2D eigenvalue weighted by Crippen LogP contribution is 2.39. The van der Waals surface area contributed by atoms with Crippen molar-refractivity contribution in [2.45, 2.75) is 6.54 Å². The Labute approximate surface area is 93.6 Å². The van der Waals surface area contributed by atoms with Crippen LogP contribution in [0.2, 0.25) is 5.02 Å². The van der Waals surface area contributed by atoms with Crippen LogP contribution in [0.4, 0.5) is 0 Å². The minimum absolute atomic E-state index is 0.249. The molecule has 80 valence electrons. The molecule has 0 spiro atoms. The van der Waals surface area contributed by atoms with Crippen LogP contribution in [-0.2, 0) is 6.54 Å². The van der Waals surface area contributed by atoms with Crippen molar-refractivity contribution in [3.05, 3.63) is 35.4 Å². The normalized spacial score (nSPS) is 12.9. The number of benzene rings is 1. The summed E-state index contributed by atoms with van der Waals surface area (Å²) >= 11 is 6.03. The molecule has 1 aromatic rings. The number of hydrogen-bond donors (Lipinski definition) is 1. The summed E-state index contributed by atoms with van der Waals surface area (Å²) in [6.07, 6.45) is 1.81. The zero-order chi connectivity index (χ0) is 10.7. The van der Waals surface area contributed by atoms with E-state index in [4.69, 9.17) is 21.1 Å². The second kappa shape index (κ2) is 4.55. The lowest BCUT2D eigenvalue weighted by atomic mass is 10.2. The quantitative estimate of drug-likeness (QED) is 0.630. The van der Waals surface area contributed by atoms with Gasteiger partial charge in [0.15, 0.2) is 11.5 Å². The Morgan fingerprint density at radius 3 is 3.13 bits per heavy atom. The van der Waals surface area contributed by atoms with Gasteiger partial charge in [-0.05, 0) is 17.7 Å². The largest absolute Gasteiger partial charge is 0.454 e. The fourth-order valence-corrected chi connectivity index (χ4v) is 1.73. The summed E-state index contributed by atoms with van der Waals surface area (Å²) < 4.78 is 10.5. The molecule has 1 aromatic carbocycles. The molecule has 15 heavy (non-hydrogen) atoms. The molecule has 0 saturated carbocycles. The van der Waals surface area contributed by atoms with Gasteiger partial charge in [-0.15, -0.1) is 6.58 Å². The van der Waals surface area contributed by atoms with Crippen molar-refractivity contribution in [2.24, 2.45) is 0 Å². The molecule has 0 unspecified atom stereocenters. The molecule has 3 nitrogen and oxygen atoms in total. The summed E-state index contributed by atoms with van der Waals surface area (Å²) in [5, 5.41) is 3.79. The molecule has 1 aliphatic heterocycles. The van der Waals surface area contributed by atoms with E-state index in [1.807, 2.05) is 18.2 Å². The van der Waals surface area contributed by atoms with Crippen molar-refractivity contribution in [3.63, 3.8) is 0 Å². The maximum atomic E-state index is 6.03. The number of halogens is 1. The van der Waals surface area contributed by atoms with Gasteiger partial charge in [0, 0.05) is 13.1 Å². The van der Waals surface area contributed by atoms with Crippen LogP contribution in [0.15, 0.2) is 24.8 Å². The van der Waals surface area contributed by atoms with Crippen molar-refractivity contribution >= 4 is 11.6 Å². The maximum absolute atomic E-state index is 6.03. The smallest absolute Gasteiger partial charge is 0.231 e. The van der Waals surface area contributed by atoms with Gasteiger partial charge in [-0.3, -0.25) is 0 Å². The lowest BCUT2D eigenvalue weighted by Crippen LogP contribution is -2.12. The zero-order valence-corrected chi connectivity index (χ0v) is 9.01. The maximum Gasteiger partial charge on any atom is 0.231 e. The topological polar surface area (TPSA) is 30.5 Å². The number of nitrogens with one attached hydrogen (secondary N) is 1. The number of fused-ring (bicyclic) bond motifs is 1. The second-order valence-corrected chi connectivity index (χ2v) is 3.64. The number of rotatable bonds is 4. The van der Waals surface area contributed by atoms with Crippen molar-refractivity contribution in [1.82, 2.24) is 5.32 Å². The van der Waals surface area contributed by atoms with Crippen molar-refractivity contribution in [1.29, 1.82) is 0 Å². The van der Waals surface area contributed by atoms with Crippen LogP contribution >= 0.6 is 11.6 Å². The molecular formula is C11H12ClNO2. The van der Waals surface area contributed by atoms with E-state index in [9.17, 15) is 0 Å². The van der Waals surface area contributed by atoms with Crippen LogP contribution in [-0.4, -0.2) is 13.3 Å². The van der Waals surface area contributed by atoms with Gasteiger partial charge in [-0.2, -0.15) is 0 Å². The summed E-state index contributed by atoms with van der Waals surface area (Å²) in [6, 6.07) is 3.81. The SMILES string of the molecule is C=CCNCc1cc(Cl)c2c(c1)OCO2. The second-order valence-electron chi connectivity index (χ2n) is 3.23. The third-order valence-corrected chi connectivity index (χ3v) is 2.39. The summed E-state index contributed by atoms with van der Waals surface area (Å²) in [4.78, 5) is 0. The van der Waals surface area contributed by atoms with E-state index in [0.717, 1.165) is 24.4 Å². The molecule has 0 saturated heterocycles. The molecule has 0 amide bonds. The van der Waals surface area contributed by atoms with Crippen molar-refractivity contribution < 1.29 is 9.47 Å². The van der Waals surface area contributed by atoms with Gasteiger partial charge in [-0.1, -0.05) is 17.7 Å². The zero-order valence-electron chi connectivity index (χ0n) is 8.25. The highest BCUT2D eigenvalue weighted by molar-refractivity contribution is 6.32. The van der Waals surface area contributed by atoms with Gasteiger partial charge < -0.3 is 14.8 Å². The van der Waals surface area contributed by atoms with Crippen LogP contribution in [0.3, 0.4) is 0 Å². The van der Waals surface area contributed by atoms with Crippen molar-refractivity contribution in [3.8, 4) is 11.5 Å². The summed E-state index contributed by atoms with van der Waals surface area (Å²) in [5.41, 5.74) is 1.08. The molecule has 0 atom stereocenters. The van der Waals surface area contributed by atoms with Gasteiger partial charge in [0.1, 0.15) is 0 Å². The molecule has 0 aliphatic carbocycles. The average Bonchev–Trinajstić information content (AvgIpc) is 2.66. The van der Waals surface area contributed by atoms with E-state index in [0.29, 0.717) is 10.8 Å². The number of ether oxygens (including phenoxy) is 2. The third kappa shape index (κ3) is 2.25. The highest BCUT2D eigenvalue weighted by atomic mass is 35.5. The van der Waals surface area contributed by atoms with Crippen molar-refractivity contribution in [2.75, 3.05) is 13.3 Å². The van der Waals surface area contributed by atoms with Crippen LogP contribution in [0, 0.1) is 0 Å². The van der Waals surface area contributed by atoms with E-state index in [-0.39, 0.29) is 6.79 Å². The third-order valence-electron chi connectivity index (χ3n) is 2.10. The van der Waals surface area contributed by atoms with Gasteiger partial charge in [0.2, 0.25) is 6.79 Å². The Hall–Kier alpha value is -1.19. The van der Waals surface area contributed by atoms with Gasteiger partial charge in [0.25, 0.3) is 0 Å². The first-order valence-electron chi connectivity index (χ1n) is 4.71. The lowest BCUT2D eigenvalue weighted by Gasteiger charge is -2.05. The molecule has 0 fully saturated rings. The van der Waals surface area contributed by atoms with Gasteiger partial charge in [0.05, 0.1) is 5.02 Å². The minimum Gasteiger partial charge on any atom is -0.454 e. The average molecular weight is 226 g/mol. The molecule has 0 radical (unpaired) electrons. The van der Waals surface area contributed by atoms with E-state index >= 15 is 0 Å². The Morgan fingerprint density at radius 2 is 2.33 bits per heavy atom. The van der Waals surface area contributed by atoms with E-state index in [2.05, 4.69) is 11.9 Å². The Balaban J connectivity index is 2.13. The highest BCUT2D eigenvalue weighted by Gasteiger charge is 2.17. The van der Waals surface area contributed by atoms with Crippen LogP contribution in [0.25, 0.3) is 0 Å². The van der Waals surface area contributed by atoms with Crippen LogP contribution in [0.1, 0.15) is 5.56 Å². The Kier molecular flexibility index (Phi) is 3.14. The van der Waals surface area contributed by atoms with Gasteiger partial charge in [-0.25, -0.2) is 0 Å². The fourth-order valence-electron chi connectivity index (χ4n) is 1.44. The molecule has 2 rings (SSSR count). The predicted molar refractivity (Wildman–Crippen MR) is 59.5 cm³/mol. The van der Waals surface area contributed by atoms with E-state index in [1.165, 1.54) is 0 Å². The minimum atomic E-state index is 0.249. The first-order valence-corrected chi connectivity index (χ1v) is 5.08.